The number of benzene rings is 1. The van der Waals surface area contributed by atoms with Crippen molar-refractivity contribution in [2.75, 3.05) is 0 Å². The van der Waals surface area contributed by atoms with Gasteiger partial charge in [-0.3, -0.25) is 0 Å². The Morgan fingerprint density at radius 3 is 1.93 bits per heavy atom. The summed E-state index contributed by atoms with van der Waals surface area (Å²) in [7, 11) is -2.18. The molecule has 0 bridgehead atoms. The molecule has 0 aliphatic rings. The van der Waals surface area contributed by atoms with Crippen LogP contribution in [0.3, 0.4) is 0 Å². The van der Waals surface area contributed by atoms with Crippen LogP contribution in [-0.2, 0) is 0 Å². The van der Waals surface area contributed by atoms with Crippen molar-refractivity contribution in [3.8, 4) is 0 Å². The van der Waals surface area contributed by atoms with Crippen molar-refractivity contribution in [1.29, 1.82) is 0 Å². The maximum absolute atomic E-state index is 2.52. The average Bonchev–Trinajstić information content (AvgIpc) is 2.02. The van der Waals surface area contributed by atoms with E-state index in [1.165, 1.54) is 5.56 Å². The Kier molecular flexibility index (Phi) is 3.07. The third kappa shape index (κ3) is 2.18. The second-order valence-corrected chi connectivity index (χ2v) is 22.3. The number of aryl methyl sites for hydroxylation is 1. The van der Waals surface area contributed by atoms with Crippen LogP contribution in [0.2, 0.25) is 32.7 Å². The van der Waals surface area contributed by atoms with Crippen LogP contribution in [0.15, 0.2) is 24.3 Å². The molecule has 0 N–H and O–H groups in total. The maximum Gasteiger partial charge on any atom is 0.0736 e. The lowest BCUT2D eigenvalue weighted by Gasteiger charge is -2.35. The quantitative estimate of drug-likeness (QED) is 0.674. The highest BCUT2D eigenvalue weighted by Crippen LogP contribution is 2.18. The summed E-state index contributed by atoms with van der Waals surface area (Å²) in [6.07, 6.45) is 0. The number of rotatable bonds is 2. The van der Waals surface area contributed by atoms with Gasteiger partial charge in [-0.05, 0) is 6.92 Å². The molecule has 0 unspecified atom stereocenters. The predicted octanol–water partition coefficient (Wildman–Crippen LogP) is 3.33. The zero-order chi connectivity index (χ0) is 11.0. The smallest absolute Gasteiger partial charge is 0.0712 e. The third-order valence-electron chi connectivity index (χ3n) is 3.61. The third-order valence-corrected chi connectivity index (χ3v) is 21.2. The molecule has 1 aromatic carbocycles. The maximum atomic E-state index is 2.52. The molecule has 0 aromatic heterocycles. The Hall–Kier alpha value is -0.346. The van der Waals surface area contributed by atoms with Gasteiger partial charge in [0.05, 0.1) is 7.59 Å². The van der Waals surface area contributed by atoms with E-state index in [1.54, 1.807) is 5.19 Å². The number of hydrogen-bond acceptors (Lipinski definition) is 0. The van der Waals surface area contributed by atoms with Gasteiger partial charge in [0, 0.05) is 7.59 Å². The van der Waals surface area contributed by atoms with Gasteiger partial charge in [-0.15, -0.1) is 0 Å². The van der Waals surface area contributed by atoms with Crippen molar-refractivity contribution < 1.29 is 0 Å². The Morgan fingerprint density at radius 2 is 1.50 bits per heavy atom. The Balaban J connectivity index is 3.16. The Morgan fingerprint density at radius 1 is 0.929 bits per heavy atom. The first kappa shape index (κ1) is 11.7. The van der Waals surface area contributed by atoms with Crippen molar-refractivity contribution >= 4 is 20.4 Å². The van der Waals surface area contributed by atoms with Crippen LogP contribution in [-0.4, -0.2) is 15.2 Å². The molecule has 2 heteroatoms. The minimum Gasteiger partial charge on any atom is -0.0712 e. The van der Waals surface area contributed by atoms with Gasteiger partial charge in [0.15, 0.2) is 0 Å². The van der Waals surface area contributed by atoms with Gasteiger partial charge in [-0.1, -0.05) is 67.8 Å². The van der Waals surface area contributed by atoms with Gasteiger partial charge in [-0.25, -0.2) is 0 Å². The van der Waals surface area contributed by atoms with E-state index in [0.29, 0.717) is 0 Å². The molecule has 0 nitrogen and oxygen atoms in total. The Bertz CT molecular complexity index is 321. The lowest BCUT2D eigenvalue weighted by Crippen LogP contribution is -2.61. The van der Waals surface area contributed by atoms with Crippen LogP contribution < -0.4 is 5.19 Å². The zero-order valence-corrected chi connectivity index (χ0v) is 12.3. The zero-order valence-electron chi connectivity index (χ0n) is 10.3. The van der Waals surface area contributed by atoms with E-state index in [2.05, 4.69) is 63.9 Å². The van der Waals surface area contributed by atoms with Gasteiger partial charge in [0.1, 0.15) is 0 Å². The van der Waals surface area contributed by atoms with Crippen LogP contribution in [0.4, 0.5) is 0 Å². The van der Waals surface area contributed by atoms with Crippen LogP contribution in [0.25, 0.3) is 0 Å². The second-order valence-electron chi connectivity index (χ2n) is 5.74. The summed E-state index contributed by atoms with van der Waals surface area (Å²) >= 11 is 0. The molecule has 0 aliphatic carbocycles. The summed E-state index contributed by atoms with van der Waals surface area (Å²) in [5, 5.41) is 1.64. The molecule has 1 rings (SSSR count). The molecule has 78 valence electrons. The molecule has 0 saturated heterocycles. The minimum absolute atomic E-state index is 1.01. The van der Waals surface area contributed by atoms with E-state index in [9.17, 15) is 0 Å². The van der Waals surface area contributed by atoms with Crippen molar-refractivity contribution in [1.82, 2.24) is 0 Å². The summed E-state index contributed by atoms with van der Waals surface area (Å²) in [6.45, 7) is 14.7. The largest absolute Gasteiger partial charge is 0.0736 e. The summed E-state index contributed by atoms with van der Waals surface area (Å²) in [6, 6.07) is 9.12. The van der Waals surface area contributed by atoms with Gasteiger partial charge in [-0.2, -0.15) is 0 Å². The van der Waals surface area contributed by atoms with Crippen LogP contribution in [0.5, 0.6) is 0 Å². The van der Waals surface area contributed by atoms with E-state index in [-0.39, 0.29) is 0 Å². The molecule has 0 saturated carbocycles. The SMILES string of the molecule is Cc1cccc([Si](C)(C)[Si](C)(C)C)c1. The highest BCUT2D eigenvalue weighted by atomic mass is 29.3. The molecule has 0 atom stereocenters. The minimum atomic E-state index is -1.17. The van der Waals surface area contributed by atoms with E-state index < -0.39 is 15.2 Å². The first-order valence-electron chi connectivity index (χ1n) is 5.32. The Labute approximate surface area is 90.2 Å². The van der Waals surface area contributed by atoms with E-state index >= 15 is 0 Å². The highest BCUT2D eigenvalue weighted by Gasteiger charge is 2.38. The molecule has 0 amide bonds. The van der Waals surface area contributed by atoms with Gasteiger partial charge in [0.25, 0.3) is 0 Å². The molecule has 14 heavy (non-hydrogen) atoms. The molecule has 0 radical (unpaired) electrons. The van der Waals surface area contributed by atoms with Crippen molar-refractivity contribution in [2.24, 2.45) is 0 Å². The summed E-state index contributed by atoms with van der Waals surface area (Å²) in [4.78, 5) is 0. The van der Waals surface area contributed by atoms with E-state index in [1.807, 2.05) is 0 Å². The molecule has 0 fully saturated rings. The first-order valence-corrected chi connectivity index (χ1v) is 12.8. The summed E-state index contributed by atoms with van der Waals surface area (Å²) in [5.74, 6) is 0. The van der Waals surface area contributed by atoms with Gasteiger partial charge < -0.3 is 0 Å². The van der Waals surface area contributed by atoms with Crippen molar-refractivity contribution in [3.05, 3.63) is 29.8 Å². The van der Waals surface area contributed by atoms with Crippen molar-refractivity contribution in [2.45, 2.75) is 39.7 Å². The summed E-state index contributed by atoms with van der Waals surface area (Å²) < 4.78 is 0. The van der Waals surface area contributed by atoms with Crippen LogP contribution in [0.1, 0.15) is 5.56 Å². The molecule has 1 aromatic rings. The molecular weight excluding hydrogens is 200 g/mol. The first-order chi connectivity index (χ1) is 6.25. The van der Waals surface area contributed by atoms with Crippen LogP contribution in [0, 0.1) is 6.92 Å². The van der Waals surface area contributed by atoms with E-state index in [0.717, 1.165) is 0 Å². The average molecular weight is 222 g/mol. The second kappa shape index (κ2) is 3.67. The fourth-order valence-electron chi connectivity index (χ4n) is 1.47. The predicted molar refractivity (Wildman–Crippen MR) is 71.6 cm³/mol. The molecule has 0 heterocycles. The number of hydrogen-bond donors (Lipinski definition) is 0. The highest BCUT2D eigenvalue weighted by molar-refractivity contribution is 7.45. The van der Waals surface area contributed by atoms with Crippen molar-refractivity contribution in [3.63, 3.8) is 0 Å². The molecule has 0 spiro atoms. The molecular formula is C12H22Si2. The lowest BCUT2D eigenvalue weighted by atomic mass is 10.2. The summed E-state index contributed by atoms with van der Waals surface area (Å²) in [5.41, 5.74) is 1.40. The van der Waals surface area contributed by atoms with E-state index in [4.69, 9.17) is 0 Å². The van der Waals surface area contributed by atoms with Crippen LogP contribution >= 0.6 is 0 Å². The standard InChI is InChI=1S/C12H22Si2/c1-11-8-7-9-12(10-11)14(5,6)13(2,3)4/h7-10H,1-6H3. The lowest BCUT2D eigenvalue weighted by molar-refractivity contribution is 1.49. The monoisotopic (exact) mass is 222 g/mol. The van der Waals surface area contributed by atoms with Gasteiger partial charge in [0.2, 0.25) is 0 Å². The fraction of sp³-hybridized carbons (Fsp3) is 0.500. The fourth-order valence-corrected chi connectivity index (χ4v) is 6.50. The normalized spacial score (nSPS) is 13.0. The van der Waals surface area contributed by atoms with Gasteiger partial charge >= 0.3 is 0 Å². The topological polar surface area (TPSA) is 0 Å². The molecule has 0 aliphatic heterocycles.